The summed E-state index contributed by atoms with van der Waals surface area (Å²) in [5.74, 6) is 2.84. The Labute approximate surface area is 113 Å². The first-order valence-electron chi connectivity index (χ1n) is 6.05. The van der Waals surface area contributed by atoms with Gasteiger partial charge in [-0.15, -0.1) is 5.54 Å². The normalized spacial score (nSPS) is 27.5. The molecule has 0 aromatic heterocycles. The molecule has 2 atom stereocenters. The number of hydrogen-bond donors (Lipinski definition) is 2. The van der Waals surface area contributed by atoms with Crippen LogP contribution in [0.3, 0.4) is 0 Å². The van der Waals surface area contributed by atoms with Crippen molar-refractivity contribution in [2.24, 2.45) is 0 Å². The molecule has 4 heteroatoms. The first-order valence-corrected chi connectivity index (χ1v) is 10.3. The van der Waals surface area contributed by atoms with Crippen molar-refractivity contribution in [1.82, 2.24) is 0 Å². The fraction of sp³-hybridized carbons (Fsp3) is 0.692. The molecule has 0 amide bonds. The van der Waals surface area contributed by atoms with E-state index >= 15 is 0 Å². The van der Waals surface area contributed by atoms with Gasteiger partial charge in [0.25, 0.3) is 0 Å². The lowest BCUT2D eigenvalue weighted by molar-refractivity contribution is -0.0177. The van der Waals surface area contributed by atoms with Crippen molar-refractivity contribution >= 4 is 24.0 Å². The highest BCUT2D eigenvalue weighted by molar-refractivity contribution is 9.11. The van der Waals surface area contributed by atoms with E-state index in [1.807, 2.05) is 6.08 Å². The van der Waals surface area contributed by atoms with Crippen molar-refractivity contribution < 1.29 is 10.2 Å². The van der Waals surface area contributed by atoms with Gasteiger partial charge in [0.05, 0.1) is 0 Å². The summed E-state index contributed by atoms with van der Waals surface area (Å²) >= 11 is 3.38. The van der Waals surface area contributed by atoms with Gasteiger partial charge in [-0.1, -0.05) is 47.6 Å². The van der Waals surface area contributed by atoms with Gasteiger partial charge in [0.1, 0.15) is 19.8 Å². The fourth-order valence-electron chi connectivity index (χ4n) is 1.74. The molecule has 17 heavy (non-hydrogen) atoms. The Balaban J connectivity index is 2.91. The van der Waals surface area contributed by atoms with Gasteiger partial charge in [-0.2, -0.15) is 0 Å². The quantitative estimate of drug-likeness (QED) is 0.577. The summed E-state index contributed by atoms with van der Waals surface area (Å²) in [5, 5.41) is 20.7. The molecule has 0 bridgehead atoms. The maximum Gasteiger partial charge on any atom is 0.147 e. The molecule has 1 aliphatic carbocycles. The summed E-state index contributed by atoms with van der Waals surface area (Å²) in [5.41, 5.74) is 1.90. The number of halogens is 1. The Hall–Kier alpha value is -0.0831. The smallest absolute Gasteiger partial charge is 0.147 e. The molecule has 0 unspecified atom stereocenters. The Kier molecular flexibility index (Phi) is 5.03. The predicted molar refractivity (Wildman–Crippen MR) is 77.6 cm³/mol. The van der Waals surface area contributed by atoms with Crippen LogP contribution >= 0.6 is 15.9 Å². The number of aliphatic hydroxyl groups excluding tert-OH is 1. The number of rotatable bonds is 1. The van der Waals surface area contributed by atoms with Gasteiger partial charge >= 0.3 is 0 Å². The second kappa shape index (κ2) is 5.70. The number of aliphatic hydroxyl groups is 2. The molecule has 0 aliphatic heterocycles. The second-order valence-electron chi connectivity index (χ2n) is 5.64. The second-order valence-corrected chi connectivity index (χ2v) is 11.2. The van der Waals surface area contributed by atoms with Crippen molar-refractivity contribution in [3.63, 3.8) is 0 Å². The molecule has 2 nitrogen and oxygen atoms in total. The average Bonchev–Trinajstić information content (AvgIpc) is 2.38. The number of hydrogen-bond acceptors (Lipinski definition) is 2. The Bertz CT molecular complexity index is 362. The molecule has 1 aliphatic rings. The van der Waals surface area contributed by atoms with Crippen LogP contribution in [0.15, 0.2) is 10.6 Å². The third-order valence-corrected chi connectivity index (χ3v) is 4.69. The third-order valence-electron chi connectivity index (χ3n) is 2.79. The molecule has 96 valence electrons. The molecule has 1 rings (SSSR count). The summed E-state index contributed by atoms with van der Waals surface area (Å²) in [6.45, 7) is 6.36. The zero-order valence-corrected chi connectivity index (χ0v) is 13.3. The van der Waals surface area contributed by atoms with E-state index in [9.17, 15) is 10.2 Å². The lowest BCUT2D eigenvalue weighted by Gasteiger charge is -2.29. The third kappa shape index (κ3) is 4.25. The molecular weight excluding hydrogens is 296 g/mol. The first kappa shape index (κ1) is 15.0. The highest BCUT2D eigenvalue weighted by Gasteiger charge is 2.38. The van der Waals surface area contributed by atoms with Crippen LogP contribution in [-0.2, 0) is 0 Å². The van der Waals surface area contributed by atoms with Crippen LogP contribution in [0.4, 0.5) is 0 Å². The Morgan fingerprint density at radius 2 is 2.06 bits per heavy atom. The van der Waals surface area contributed by atoms with Gasteiger partial charge in [0, 0.05) is 4.48 Å². The largest absolute Gasteiger partial charge is 0.381 e. The van der Waals surface area contributed by atoms with Crippen LogP contribution in [0.5, 0.6) is 0 Å². The molecule has 2 N–H and O–H groups in total. The maximum absolute atomic E-state index is 10.5. The fourth-order valence-corrected chi connectivity index (χ4v) is 2.95. The lowest BCUT2D eigenvalue weighted by Crippen LogP contribution is -2.42. The standard InChI is InChI=1S/C13H21BrO2Si/c1-17(2,3)10-8-12(15)13(16)9-6-4-5-7-11(13)14/h7,12,15-16H,4-6,9H2,1-3H3/t12-,13-/m0/s1. The van der Waals surface area contributed by atoms with Crippen molar-refractivity contribution in [3.05, 3.63) is 10.6 Å². The van der Waals surface area contributed by atoms with Crippen molar-refractivity contribution in [2.45, 2.75) is 57.0 Å². The van der Waals surface area contributed by atoms with Gasteiger partial charge in [0.15, 0.2) is 0 Å². The number of allylic oxidation sites excluding steroid dienone is 1. The Morgan fingerprint density at radius 1 is 1.41 bits per heavy atom. The van der Waals surface area contributed by atoms with Crippen LogP contribution in [0.25, 0.3) is 0 Å². The molecule has 0 radical (unpaired) electrons. The van der Waals surface area contributed by atoms with Gasteiger partial charge in [-0.25, -0.2) is 0 Å². The van der Waals surface area contributed by atoms with Crippen molar-refractivity contribution in [1.29, 1.82) is 0 Å². The van der Waals surface area contributed by atoms with Crippen LogP contribution < -0.4 is 0 Å². The van der Waals surface area contributed by atoms with E-state index in [0.717, 1.165) is 19.3 Å². The molecule has 0 fully saturated rings. The van der Waals surface area contributed by atoms with E-state index in [0.29, 0.717) is 10.9 Å². The molecular formula is C13H21BrO2Si. The molecule has 0 heterocycles. The zero-order chi connectivity index (χ0) is 13.1. The lowest BCUT2D eigenvalue weighted by atomic mass is 9.92. The van der Waals surface area contributed by atoms with Gasteiger partial charge in [-0.3, -0.25) is 0 Å². The summed E-state index contributed by atoms with van der Waals surface area (Å²) in [6.07, 6.45) is 4.41. The van der Waals surface area contributed by atoms with E-state index in [-0.39, 0.29) is 0 Å². The summed E-state index contributed by atoms with van der Waals surface area (Å²) in [4.78, 5) is 0. The molecule has 0 aromatic rings. The minimum Gasteiger partial charge on any atom is -0.381 e. The summed E-state index contributed by atoms with van der Waals surface area (Å²) < 4.78 is 0.680. The molecule has 0 saturated heterocycles. The monoisotopic (exact) mass is 316 g/mol. The minimum absolute atomic E-state index is 0.561. The highest BCUT2D eigenvalue weighted by atomic mass is 79.9. The van der Waals surface area contributed by atoms with Crippen LogP contribution in [0.1, 0.15) is 25.7 Å². The topological polar surface area (TPSA) is 40.5 Å². The average molecular weight is 317 g/mol. The van der Waals surface area contributed by atoms with Crippen LogP contribution in [0, 0.1) is 11.5 Å². The van der Waals surface area contributed by atoms with E-state index in [1.165, 1.54) is 0 Å². The summed E-state index contributed by atoms with van der Waals surface area (Å²) in [6, 6.07) is 0. The van der Waals surface area contributed by atoms with E-state index in [4.69, 9.17) is 0 Å². The van der Waals surface area contributed by atoms with Crippen molar-refractivity contribution in [2.75, 3.05) is 0 Å². The van der Waals surface area contributed by atoms with Gasteiger partial charge < -0.3 is 10.2 Å². The molecule has 0 aromatic carbocycles. The minimum atomic E-state index is -1.52. The SMILES string of the molecule is C[Si](C)(C)C#C[C@H](O)[C@]1(O)CCCCC=C1Br. The van der Waals surface area contributed by atoms with Gasteiger partial charge in [-0.05, 0) is 25.7 Å². The first-order chi connectivity index (χ1) is 7.76. The predicted octanol–water partition coefficient (Wildman–Crippen LogP) is 2.81. The van der Waals surface area contributed by atoms with E-state index < -0.39 is 19.8 Å². The maximum atomic E-state index is 10.5. The van der Waals surface area contributed by atoms with Crippen molar-refractivity contribution in [3.8, 4) is 11.5 Å². The van der Waals surface area contributed by atoms with Crippen LogP contribution in [-0.4, -0.2) is 30.0 Å². The Morgan fingerprint density at radius 3 is 2.65 bits per heavy atom. The van der Waals surface area contributed by atoms with E-state index in [1.54, 1.807) is 0 Å². The van der Waals surface area contributed by atoms with E-state index in [2.05, 4.69) is 47.0 Å². The molecule has 0 spiro atoms. The van der Waals surface area contributed by atoms with Gasteiger partial charge in [0.2, 0.25) is 0 Å². The highest BCUT2D eigenvalue weighted by Crippen LogP contribution is 2.34. The summed E-state index contributed by atoms with van der Waals surface area (Å²) in [7, 11) is -1.52. The van der Waals surface area contributed by atoms with Crippen LogP contribution in [0.2, 0.25) is 19.6 Å². The zero-order valence-electron chi connectivity index (χ0n) is 10.8. The molecule has 0 saturated carbocycles.